The maximum Gasteiger partial charge on any atom is 0.327 e. The number of pyridine rings is 1. The first-order valence-corrected chi connectivity index (χ1v) is 12.6. The third-order valence-electron chi connectivity index (χ3n) is 4.85. The molecule has 0 aliphatic heterocycles. The monoisotopic (exact) mass is 482 g/mol. The van der Waals surface area contributed by atoms with Gasteiger partial charge in [-0.15, -0.1) is 0 Å². The molecule has 0 aliphatic rings. The molecule has 3 rings (SSSR count). The Balaban J connectivity index is 1.52. The molecule has 4 N–H and O–H groups in total. The van der Waals surface area contributed by atoms with Crippen molar-refractivity contribution in [3.05, 3.63) is 30.1 Å². The molecule has 0 saturated carbocycles. The standard InChI is InChI=1S/C21H31N4O7P/c1-2-29-15-18-24-19-20(16-5-3-4-6-17(16)23-21(19)22)25(18)7-8-30-9-10-31-11-12-32-13-14-33(26,27)28/h3-6H,2,7-15H2,1H3,(H2,22,23)(H2,26,27,28). The number of nitrogens with two attached hydrogens (primary N) is 1. The van der Waals surface area contributed by atoms with Crippen LogP contribution in [0.2, 0.25) is 0 Å². The highest BCUT2D eigenvalue weighted by atomic mass is 31.2. The summed E-state index contributed by atoms with van der Waals surface area (Å²) in [6.45, 7) is 5.28. The third-order valence-corrected chi connectivity index (χ3v) is 5.62. The predicted octanol–water partition coefficient (Wildman–Crippen LogP) is 1.93. The molecule has 0 aliphatic carbocycles. The molecule has 0 saturated heterocycles. The molecule has 2 heterocycles. The number of anilines is 1. The number of para-hydroxylation sites is 1. The van der Waals surface area contributed by atoms with E-state index in [2.05, 4.69) is 14.5 Å². The number of nitrogens with zero attached hydrogens (tertiary/aromatic N) is 3. The molecule has 0 fully saturated rings. The van der Waals surface area contributed by atoms with Crippen molar-refractivity contribution in [1.82, 2.24) is 14.5 Å². The first-order chi connectivity index (χ1) is 15.9. The molecule has 0 radical (unpaired) electrons. The summed E-state index contributed by atoms with van der Waals surface area (Å²) < 4.78 is 34.7. The van der Waals surface area contributed by atoms with E-state index in [0.717, 1.165) is 22.2 Å². The molecule has 182 valence electrons. The lowest BCUT2D eigenvalue weighted by Gasteiger charge is -2.12. The van der Waals surface area contributed by atoms with Gasteiger partial charge in [-0.1, -0.05) is 18.2 Å². The number of aromatic nitrogens is 3. The molecule has 2 aromatic heterocycles. The van der Waals surface area contributed by atoms with Crippen LogP contribution in [0, 0.1) is 0 Å². The number of fused-ring (bicyclic) bond motifs is 3. The van der Waals surface area contributed by atoms with E-state index in [1.807, 2.05) is 31.2 Å². The Hall–Kier alpha value is -2.11. The quantitative estimate of drug-likeness (QED) is 0.216. The van der Waals surface area contributed by atoms with E-state index >= 15 is 0 Å². The number of rotatable bonds is 15. The van der Waals surface area contributed by atoms with Gasteiger partial charge >= 0.3 is 7.60 Å². The highest BCUT2D eigenvalue weighted by Gasteiger charge is 2.17. The number of ether oxygens (including phenoxy) is 4. The van der Waals surface area contributed by atoms with Gasteiger partial charge in [0.25, 0.3) is 0 Å². The second kappa shape index (κ2) is 12.4. The van der Waals surface area contributed by atoms with Gasteiger partial charge in [0.2, 0.25) is 0 Å². The normalized spacial score (nSPS) is 12.2. The molecular weight excluding hydrogens is 451 g/mol. The highest BCUT2D eigenvalue weighted by molar-refractivity contribution is 7.51. The molecule has 0 unspecified atom stereocenters. The Morgan fingerprint density at radius 3 is 2.33 bits per heavy atom. The maximum absolute atomic E-state index is 10.7. The van der Waals surface area contributed by atoms with Crippen LogP contribution < -0.4 is 5.73 Å². The average molecular weight is 482 g/mol. The van der Waals surface area contributed by atoms with E-state index < -0.39 is 7.60 Å². The van der Waals surface area contributed by atoms with Crippen molar-refractivity contribution < 1.29 is 33.3 Å². The molecule has 3 aromatic rings. The topological polar surface area (TPSA) is 151 Å². The average Bonchev–Trinajstić information content (AvgIpc) is 3.14. The highest BCUT2D eigenvalue weighted by Crippen LogP contribution is 2.33. The van der Waals surface area contributed by atoms with E-state index in [1.165, 1.54) is 0 Å². The number of hydrogen-bond acceptors (Lipinski definition) is 8. The van der Waals surface area contributed by atoms with Crippen LogP contribution in [0.5, 0.6) is 0 Å². The van der Waals surface area contributed by atoms with Crippen molar-refractivity contribution in [3.63, 3.8) is 0 Å². The van der Waals surface area contributed by atoms with Crippen LogP contribution in [0.4, 0.5) is 5.82 Å². The minimum absolute atomic E-state index is 0.00178. The molecule has 0 amide bonds. The molecule has 1 aromatic carbocycles. The third kappa shape index (κ3) is 7.44. The second-order valence-corrected chi connectivity index (χ2v) is 9.03. The number of benzene rings is 1. The van der Waals surface area contributed by atoms with E-state index in [9.17, 15) is 4.57 Å². The van der Waals surface area contributed by atoms with Crippen LogP contribution in [0.3, 0.4) is 0 Å². The lowest BCUT2D eigenvalue weighted by atomic mass is 10.2. The van der Waals surface area contributed by atoms with Gasteiger partial charge in [-0.3, -0.25) is 4.57 Å². The van der Waals surface area contributed by atoms with Crippen molar-refractivity contribution in [2.75, 3.05) is 58.1 Å². The zero-order valence-electron chi connectivity index (χ0n) is 18.7. The zero-order chi connectivity index (χ0) is 23.7. The predicted molar refractivity (Wildman–Crippen MR) is 124 cm³/mol. The largest absolute Gasteiger partial charge is 0.382 e. The summed E-state index contributed by atoms with van der Waals surface area (Å²) in [7, 11) is -4.01. The van der Waals surface area contributed by atoms with Crippen LogP contribution in [-0.2, 0) is 36.7 Å². The first kappa shape index (κ1) is 25.5. The van der Waals surface area contributed by atoms with Gasteiger partial charge in [0.05, 0.1) is 56.8 Å². The van der Waals surface area contributed by atoms with Crippen LogP contribution >= 0.6 is 7.60 Å². The first-order valence-electron chi connectivity index (χ1n) is 10.8. The number of hydrogen-bond donors (Lipinski definition) is 3. The van der Waals surface area contributed by atoms with Crippen LogP contribution in [0.15, 0.2) is 24.3 Å². The fourth-order valence-corrected chi connectivity index (χ4v) is 3.70. The minimum atomic E-state index is -4.01. The molecular formula is C21H31N4O7P. The Kier molecular flexibility index (Phi) is 9.57. The van der Waals surface area contributed by atoms with Crippen LogP contribution in [0.25, 0.3) is 21.9 Å². The summed E-state index contributed by atoms with van der Waals surface area (Å²) >= 11 is 0. The van der Waals surface area contributed by atoms with Gasteiger partial charge in [0.1, 0.15) is 17.9 Å². The summed E-state index contributed by atoms with van der Waals surface area (Å²) in [5.74, 6) is 1.15. The SMILES string of the molecule is CCOCc1nc2c(N)nc3ccccc3c2n1CCOCCOCCOCCP(=O)(O)O. The maximum atomic E-state index is 10.7. The van der Waals surface area contributed by atoms with E-state index in [1.54, 1.807) is 0 Å². The number of imidazole rings is 1. The lowest BCUT2D eigenvalue weighted by Crippen LogP contribution is -2.14. The van der Waals surface area contributed by atoms with Crippen molar-refractivity contribution in [3.8, 4) is 0 Å². The van der Waals surface area contributed by atoms with Gasteiger partial charge in [0, 0.05) is 18.5 Å². The van der Waals surface area contributed by atoms with Crippen LogP contribution in [-0.4, -0.2) is 76.7 Å². The fraction of sp³-hybridized carbons (Fsp3) is 0.524. The van der Waals surface area contributed by atoms with Crippen molar-refractivity contribution in [1.29, 1.82) is 0 Å². The molecule has 0 atom stereocenters. The molecule has 33 heavy (non-hydrogen) atoms. The summed E-state index contributed by atoms with van der Waals surface area (Å²) in [5, 5.41) is 0.971. The lowest BCUT2D eigenvalue weighted by molar-refractivity contribution is 0.0152. The molecule has 0 bridgehead atoms. The van der Waals surface area contributed by atoms with Gasteiger partial charge in [-0.25, -0.2) is 9.97 Å². The Bertz CT molecular complexity index is 1090. The summed E-state index contributed by atoms with van der Waals surface area (Å²) in [4.78, 5) is 26.7. The van der Waals surface area contributed by atoms with Gasteiger partial charge < -0.3 is 39.0 Å². The summed E-state index contributed by atoms with van der Waals surface area (Å²) in [6.07, 6.45) is -0.290. The smallest absolute Gasteiger partial charge is 0.327 e. The second-order valence-electron chi connectivity index (χ2n) is 7.25. The van der Waals surface area contributed by atoms with E-state index in [4.69, 9.17) is 34.5 Å². The van der Waals surface area contributed by atoms with Gasteiger partial charge in [0.15, 0.2) is 5.82 Å². The molecule has 0 spiro atoms. The summed E-state index contributed by atoms with van der Waals surface area (Å²) in [6, 6.07) is 7.81. The Morgan fingerprint density at radius 2 is 1.64 bits per heavy atom. The van der Waals surface area contributed by atoms with Crippen LogP contribution in [0.1, 0.15) is 12.7 Å². The summed E-state index contributed by atoms with van der Waals surface area (Å²) in [5.41, 5.74) is 8.57. The van der Waals surface area contributed by atoms with E-state index in [0.29, 0.717) is 57.5 Å². The van der Waals surface area contributed by atoms with Gasteiger partial charge in [-0.2, -0.15) is 0 Å². The van der Waals surface area contributed by atoms with Crippen molar-refractivity contribution >= 4 is 35.3 Å². The molecule has 12 heteroatoms. The fourth-order valence-electron chi connectivity index (χ4n) is 3.33. The van der Waals surface area contributed by atoms with Gasteiger partial charge in [-0.05, 0) is 13.0 Å². The Labute approximate surface area is 192 Å². The Morgan fingerprint density at radius 1 is 0.970 bits per heavy atom. The van der Waals surface area contributed by atoms with Crippen molar-refractivity contribution in [2.24, 2.45) is 0 Å². The van der Waals surface area contributed by atoms with Crippen molar-refractivity contribution in [2.45, 2.75) is 20.1 Å². The van der Waals surface area contributed by atoms with E-state index in [-0.39, 0.29) is 19.4 Å². The minimum Gasteiger partial charge on any atom is -0.382 e. The zero-order valence-corrected chi connectivity index (χ0v) is 19.6. The molecule has 11 nitrogen and oxygen atoms in total. The number of nitrogen functional groups attached to an aromatic ring is 1.